The molecule has 0 unspecified atom stereocenters. The molecule has 0 saturated heterocycles. The number of hydrogen-bond donors (Lipinski definition) is 2. The van der Waals surface area contributed by atoms with E-state index in [2.05, 4.69) is 15.2 Å². The van der Waals surface area contributed by atoms with Crippen LogP contribution in [0.15, 0.2) is 23.1 Å². The van der Waals surface area contributed by atoms with Gasteiger partial charge in [0.05, 0.1) is 6.20 Å². The van der Waals surface area contributed by atoms with Gasteiger partial charge in [0.25, 0.3) is 0 Å². The van der Waals surface area contributed by atoms with Crippen molar-refractivity contribution in [3.8, 4) is 16.5 Å². The number of nitrogens with zero attached hydrogens (tertiary/aromatic N) is 2. The fourth-order valence-electron chi connectivity index (χ4n) is 0.852. The highest BCUT2D eigenvalue weighted by Gasteiger charge is 2.03. The molecule has 0 radical (unpaired) electrons. The van der Waals surface area contributed by atoms with Crippen LogP contribution in [-0.2, 0) is 0 Å². The lowest BCUT2D eigenvalue weighted by atomic mass is 10.3. The average molecular weight is 195 g/mol. The number of aromatic amines is 1. The first kappa shape index (κ1) is 7.93. The van der Waals surface area contributed by atoms with Gasteiger partial charge in [-0.3, -0.25) is 4.79 Å². The molecule has 0 atom stereocenters. The average Bonchev–Trinajstić information content (AvgIpc) is 2.53. The second-order valence-electron chi connectivity index (χ2n) is 2.32. The van der Waals surface area contributed by atoms with Gasteiger partial charge in [-0.2, -0.15) is 5.10 Å². The lowest BCUT2D eigenvalue weighted by Gasteiger charge is -1.93. The summed E-state index contributed by atoms with van der Waals surface area (Å²) in [5, 5.41) is 15.5. The van der Waals surface area contributed by atoms with Gasteiger partial charge in [-0.1, -0.05) is 11.3 Å². The maximum atomic E-state index is 10.8. The summed E-state index contributed by atoms with van der Waals surface area (Å²) in [5.41, 5.74) is 0.571. The summed E-state index contributed by atoms with van der Waals surface area (Å²) in [4.78, 5) is 14.4. The largest absolute Gasteiger partial charge is 0.506 e. The standard InChI is InChI=1S/C7H5N3O2S/c11-4-1-2-5(8-3-4)6-9-10-7(12)13-6/h1-3,11H,(H,10,12). The van der Waals surface area contributed by atoms with E-state index in [-0.39, 0.29) is 10.6 Å². The number of hydrogen-bond acceptors (Lipinski definition) is 5. The molecule has 2 N–H and O–H groups in total. The lowest BCUT2D eigenvalue weighted by molar-refractivity contribution is 0.473. The molecule has 2 aromatic rings. The molecule has 66 valence electrons. The first-order valence-corrected chi connectivity index (χ1v) is 4.28. The summed E-state index contributed by atoms with van der Waals surface area (Å²) >= 11 is 0.980. The molecule has 0 aliphatic heterocycles. The van der Waals surface area contributed by atoms with Crippen molar-refractivity contribution in [1.29, 1.82) is 0 Å². The third-order valence-electron chi connectivity index (χ3n) is 1.41. The zero-order valence-corrected chi connectivity index (χ0v) is 7.21. The van der Waals surface area contributed by atoms with Crippen molar-refractivity contribution in [1.82, 2.24) is 15.2 Å². The van der Waals surface area contributed by atoms with E-state index in [1.165, 1.54) is 12.3 Å². The SMILES string of the molecule is O=c1[nH]nc(-c2ccc(O)cn2)s1. The molecule has 0 aliphatic rings. The van der Waals surface area contributed by atoms with E-state index in [1.807, 2.05) is 0 Å². The van der Waals surface area contributed by atoms with Crippen molar-refractivity contribution >= 4 is 11.3 Å². The predicted octanol–water partition coefficient (Wildman–Crippen LogP) is 0.599. The van der Waals surface area contributed by atoms with Crippen LogP contribution in [-0.4, -0.2) is 20.3 Å². The van der Waals surface area contributed by atoms with Gasteiger partial charge in [0, 0.05) is 0 Å². The number of H-pyrrole nitrogens is 1. The van der Waals surface area contributed by atoms with Crippen molar-refractivity contribution in [2.75, 3.05) is 0 Å². The second kappa shape index (κ2) is 2.98. The minimum absolute atomic E-state index is 0.0895. The summed E-state index contributed by atoms with van der Waals surface area (Å²) in [6, 6.07) is 3.09. The quantitative estimate of drug-likeness (QED) is 0.698. The van der Waals surface area contributed by atoms with Crippen LogP contribution in [0.4, 0.5) is 0 Å². The van der Waals surface area contributed by atoms with E-state index >= 15 is 0 Å². The van der Waals surface area contributed by atoms with Gasteiger partial charge in [0.15, 0.2) is 5.01 Å². The number of pyridine rings is 1. The zero-order chi connectivity index (χ0) is 9.26. The first-order valence-electron chi connectivity index (χ1n) is 3.46. The van der Waals surface area contributed by atoms with E-state index in [9.17, 15) is 4.79 Å². The predicted molar refractivity (Wildman–Crippen MR) is 47.6 cm³/mol. The van der Waals surface area contributed by atoms with Gasteiger partial charge in [0.2, 0.25) is 0 Å². The molecular formula is C7H5N3O2S. The van der Waals surface area contributed by atoms with Gasteiger partial charge in [-0.05, 0) is 12.1 Å². The Bertz CT molecular complexity index is 459. The maximum Gasteiger partial charge on any atom is 0.322 e. The molecule has 0 amide bonds. The van der Waals surface area contributed by atoms with E-state index in [0.717, 1.165) is 11.3 Å². The van der Waals surface area contributed by atoms with Gasteiger partial charge in [-0.25, -0.2) is 10.1 Å². The Kier molecular flexibility index (Phi) is 1.82. The molecule has 2 aromatic heterocycles. The number of aromatic hydroxyl groups is 1. The van der Waals surface area contributed by atoms with Crippen LogP contribution in [0.1, 0.15) is 0 Å². The van der Waals surface area contributed by atoms with E-state index in [4.69, 9.17) is 5.11 Å². The summed E-state index contributed by atoms with van der Waals surface area (Å²) in [6.07, 6.45) is 1.31. The lowest BCUT2D eigenvalue weighted by Crippen LogP contribution is -1.90. The van der Waals surface area contributed by atoms with Gasteiger partial charge in [-0.15, -0.1) is 0 Å². The Hall–Kier alpha value is -1.69. The molecule has 0 aliphatic carbocycles. The first-order chi connectivity index (χ1) is 6.25. The minimum atomic E-state index is -0.218. The highest BCUT2D eigenvalue weighted by molar-refractivity contribution is 7.12. The third kappa shape index (κ3) is 1.57. The molecule has 0 bridgehead atoms. The van der Waals surface area contributed by atoms with Crippen LogP contribution in [0.2, 0.25) is 0 Å². The highest BCUT2D eigenvalue weighted by Crippen LogP contribution is 2.17. The van der Waals surface area contributed by atoms with Crippen molar-refractivity contribution in [2.45, 2.75) is 0 Å². The van der Waals surface area contributed by atoms with Crippen molar-refractivity contribution in [3.05, 3.63) is 28.0 Å². The van der Waals surface area contributed by atoms with Crippen LogP contribution >= 0.6 is 11.3 Å². The maximum absolute atomic E-state index is 10.8. The van der Waals surface area contributed by atoms with Crippen LogP contribution in [0, 0.1) is 0 Å². The molecule has 0 aromatic carbocycles. The Balaban J connectivity index is 2.47. The summed E-state index contributed by atoms with van der Waals surface area (Å²) in [6.45, 7) is 0. The molecule has 2 rings (SSSR count). The van der Waals surface area contributed by atoms with Gasteiger partial charge >= 0.3 is 4.87 Å². The van der Waals surface area contributed by atoms with Crippen molar-refractivity contribution < 1.29 is 5.11 Å². The Morgan fingerprint density at radius 3 is 2.85 bits per heavy atom. The zero-order valence-electron chi connectivity index (χ0n) is 6.39. The molecule has 0 fully saturated rings. The van der Waals surface area contributed by atoms with E-state index in [0.29, 0.717) is 10.7 Å². The minimum Gasteiger partial charge on any atom is -0.506 e. The van der Waals surface area contributed by atoms with Gasteiger partial charge < -0.3 is 5.11 Å². The number of nitrogens with one attached hydrogen (secondary N) is 1. The molecule has 5 nitrogen and oxygen atoms in total. The molecular weight excluding hydrogens is 190 g/mol. The van der Waals surface area contributed by atoms with E-state index in [1.54, 1.807) is 6.07 Å². The number of aromatic nitrogens is 3. The van der Waals surface area contributed by atoms with Crippen LogP contribution in [0.3, 0.4) is 0 Å². The fourth-order valence-corrected chi connectivity index (χ4v) is 1.44. The molecule has 6 heteroatoms. The topological polar surface area (TPSA) is 78.9 Å². The third-order valence-corrected chi connectivity index (χ3v) is 2.18. The molecule has 0 spiro atoms. The normalized spacial score (nSPS) is 10.2. The monoisotopic (exact) mass is 195 g/mol. The summed E-state index contributed by atoms with van der Waals surface area (Å²) < 4.78 is 0. The Morgan fingerprint density at radius 1 is 1.46 bits per heavy atom. The highest BCUT2D eigenvalue weighted by atomic mass is 32.1. The second-order valence-corrected chi connectivity index (χ2v) is 3.28. The number of rotatable bonds is 1. The van der Waals surface area contributed by atoms with E-state index < -0.39 is 0 Å². The molecule has 0 saturated carbocycles. The van der Waals surface area contributed by atoms with Crippen LogP contribution in [0.25, 0.3) is 10.7 Å². The molecule has 13 heavy (non-hydrogen) atoms. The van der Waals surface area contributed by atoms with Crippen molar-refractivity contribution in [3.63, 3.8) is 0 Å². The molecule has 2 heterocycles. The summed E-state index contributed by atoms with van der Waals surface area (Å²) in [7, 11) is 0. The van der Waals surface area contributed by atoms with Gasteiger partial charge in [0.1, 0.15) is 11.4 Å². The fraction of sp³-hybridized carbons (Fsp3) is 0. The van der Waals surface area contributed by atoms with Crippen LogP contribution < -0.4 is 4.87 Å². The van der Waals surface area contributed by atoms with Crippen LogP contribution in [0.5, 0.6) is 5.75 Å². The van der Waals surface area contributed by atoms with Crippen molar-refractivity contribution in [2.24, 2.45) is 0 Å². The summed E-state index contributed by atoms with van der Waals surface area (Å²) in [5.74, 6) is 0.0895. The Labute approximate surface area is 76.7 Å². The Morgan fingerprint density at radius 2 is 2.31 bits per heavy atom. The smallest absolute Gasteiger partial charge is 0.322 e.